The Morgan fingerprint density at radius 3 is 3.32 bits per heavy atom. The van der Waals surface area contributed by atoms with Crippen LogP contribution in [-0.2, 0) is 17.8 Å². The number of hydrogen-bond donors (Lipinski definition) is 1. The fourth-order valence-electron chi connectivity index (χ4n) is 2.48. The van der Waals surface area contributed by atoms with Crippen molar-refractivity contribution in [2.24, 2.45) is 0 Å². The van der Waals surface area contributed by atoms with Crippen molar-refractivity contribution < 1.29 is 4.79 Å². The first-order valence-corrected chi connectivity index (χ1v) is 7.51. The van der Waals surface area contributed by atoms with Gasteiger partial charge in [-0.2, -0.15) is 11.3 Å². The number of aryl methyl sites for hydroxylation is 1. The van der Waals surface area contributed by atoms with Crippen LogP contribution in [0.2, 0.25) is 0 Å². The van der Waals surface area contributed by atoms with E-state index in [1.54, 1.807) is 11.3 Å². The molecule has 0 aromatic carbocycles. The van der Waals surface area contributed by atoms with Gasteiger partial charge in [-0.05, 0) is 35.7 Å². The van der Waals surface area contributed by atoms with Crippen molar-refractivity contribution >= 4 is 17.2 Å². The fourth-order valence-corrected chi connectivity index (χ4v) is 3.24. The lowest BCUT2D eigenvalue weighted by Crippen LogP contribution is -2.42. The Morgan fingerprint density at radius 2 is 2.53 bits per heavy atom. The standard InChI is InChI=1S/C14H17N3OS/c1-10(11-4-7-19-9-11)14(18)16-12-2-3-13-15-5-6-17(13)8-12/h4-7,9-10,12H,2-3,8H2,1H3,(H,16,18). The average Bonchev–Trinajstić information content (AvgIpc) is 3.08. The second-order valence-corrected chi connectivity index (χ2v) is 5.80. The van der Waals surface area contributed by atoms with Crippen LogP contribution >= 0.6 is 11.3 Å². The van der Waals surface area contributed by atoms with Gasteiger partial charge >= 0.3 is 0 Å². The third-order valence-corrected chi connectivity index (χ3v) is 4.42. The molecule has 2 atom stereocenters. The second kappa shape index (κ2) is 5.17. The highest BCUT2D eigenvalue weighted by Gasteiger charge is 2.23. The van der Waals surface area contributed by atoms with Crippen molar-refractivity contribution in [3.8, 4) is 0 Å². The van der Waals surface area contributed by atoms with E-state index in [9.17, 15) is 4.79 Å². The number of carbonyl (C=O) groups excluding carboxylic acids is 1. The molecule has 0 spiro atoms. The summed E-state index contributed by atoms with van der Waals surface area (Å²) in [4.78, 5) is 16.5. The van der Waals surface area contributed by atoms with E-state index in [1.807, 2.05) is 36.1 Å². The monoisotopic (exact) mass is 275 g/mol. The van der Waals surface area contributed by atoms with Crippen LogP contribution in [0.4, 0.5) is 0 Å². The molecular formula is C14H17N3OS. The van der Waals surface area contributed by atoms with Crippen LogP contribution in [0, 0.1) is 0 Å². The van der Waals surface area contributed by atoms with Crippen molar-refractivity contribution in [3.05, 3.63) is 40.6 Å². The Labute approximate surface area is 116 Å². The van der Waals surface area contributed by atoms with Gasteiger partial charge in [-0.15, -0.1) is 0 Å². The number of fused-ring (bicyclic) bond motifs is 1. The van der Waals surface area contributed by atoms with Crippen LogP contribution in [0.15, 0.2) is 29.2 Å². The van der Waals surface area contributed by atoms with E-state index in [0.29, 0.717) is 0 Å². The number of hydrogen-bond acceptors (Lipinski definition) is 3. The number of rotatable bonds is 3. The molecule has 3 heterocycles. The quantitative estimate of drug-likeness (QED) is 0.933. The summed E-state index contributed by atoms with van der Waals surface area (Å²) in [5, 5.41) is 7.21. The van der Waals surface area contributed by atoms with Crippen LogP contribution in [0.5, 0.6) is 0 Å². The third kappa shape index (κ3) is 2.56. The van der Waals surface area contributed by atoms with Gasteiger partial charge in [0.15, 0.2) is 0 Å². The molecule has 1 aliphatic rings. The summed E-state index contributed by atoms with van der Waals surface area (Å²) in [5.41, 5.74) is 1.10. The molecule has 5 heteroatoms. The van der Waals surface area contributed by atoms with E-state index in [1.165, 1.54) is 0 Å². The van der Waals surface area contributed by atoms with Gasteiger partial charge in [-0.3, -0.25) is 4.79 Å². The van der Waals surface area contributed by atoms with E-state index in [2.05, 4.69) is 14.9 Å². The van der Waals surface area contributed by atoms with Crippen molar-refractivity contribution in [2.45, 2.75) is 38.3 Å². The molecule has 2 aromatic heterocycles. The highest BCUT2D eigenvalue weighted by Crippen LogP contribution is 2.19. The minimum absolute atomic E-state index is 0.0737. The maximum Gasteiger partial charge on any atom is 0.227 e. The Bertz CT molecular complexity index is 561. The summed E-state index contributed by atoms with van der Waals surface area (Å²) in [7, 11) is 0. The van der Waals surface area contributed by atoms with Gasteiger partial charge in [0.2, 0.25) is 5.91 Å². The van der Waals surface area contributed by atoms with Crippen molar-refractivity contribution in [3.63, 3.8) is 0 Å². The Morgan fingerprint density at radius 1 is 1.63 bits per heavy atom. The SMILES string of the molecule is CC(C(=O)NC1CCc2nccn2C1)c1ccsc1. The van der Waals surface area contributed by atoms with Crippen LogP contribution in [-0.4, -0.2) is 21.5 Å². The van der Waals surface area contributed by atoms with Crippen LogP contribution in [0.25, 0.3) is 0 Å². The van der Waals surface area contributed by atoms with Gasteiger partial charge < -0.3 is 9.88 Å². The van der Waals surface area contributed by atoms with Gasteiger partial charge in [0.05, 0.1) is 5.92 Å². The zero-order valence-electron chi connectivity index (χ0n) is 10.9. The highest BCUT2D eigenvalue weighted by atomic mass is 32.1. The molecule has 0 fully saturated rings. The number of imidazole rings is 1. The number of amides is 1. The van der Waals surface area contributed by atoms with Gasteiger partial charge in [-0.25, -0.2) is 4.98 Å². The molecule has 4 nitrogen and oxygen atoms in total. The molecule has 1 N–H and O–H groups in total. The molecule has 1 aliphatic heterocycles. The molecule has 3 rings (SSSR count). The maximum absolute atomic E-state index is 12.2. The number of thiophene rings is 1. The van der Waals surface area contributed by atoms with E-state index in [-0.39, 0.29) is 17.9 Å². The van der Waals surface area contributed by atoms with E-state index in [4.69, 9.17) is 0 Å². The lowest BCUT2D eigenvalue weighted by molar-refractivity contribution is -0.123. The third-order valence-electron chi connectivity index (χ3n) is 3.72. The fraction of sp³-hybridized carbons (Fsp3) is 0.429. The predicted octanol–water partition coefficient (Wildman–Crippen LogP) is 2.18. The summed E-state index contributed by atoms with van der Waals surface area (Å²) < 4.78 is 2.13. The first kappa shape index (κ1) is 12.4. The van der Waals surface area contributed by atoms with Gasteiger partial charge in [-0.1, -0.05) is 0 Å². The molecule has 0 radical (unpaired) electrons. The molecule has 0 aliphatic carbocycles. The largest absolute Gasteiger partial charge is 0.351 e. The Hall–Kier alpha value is -1.62. The number of nitrogens with zero attached hydrogens (tertiary/aromatic N) is 2. The molecule has 19 heavy (non-hydrogen) atoms. The number of aromatic nitrogens is 2. The van der Waals surface area contributed by atoms with Crippen LogP contribution in [0.3, 0.4) is 0 Å². The summed E-state index contributed by atoms with van der Waals surface area (Å²) in [6.45, 7) is 2.79. The lowest BCUT2D eigenvalue weighted by Gasteiger charge is -2.26. The summed E-state index contributed by atoms with van der Waals surface area (Å²) in [5.74, 6) is 1.17. The average molecular weight is 275 g/mol. The normalized spacial score (nSPS) is 19.7. The molecule has 0 saturated carbocycles. The lowest BCUT2D eigenvalue weighted by atomic mass is 10.0. The minimum Gasteiger partial charge on any atom is -0.351 e. The zero-order chi connectivity index (χ0) is 13.2. The van der Waals surface area contributed by atoms with E-state index in [0.717, 1.165) is 30.8 Å². The Balaban J connectivity index is 1.62. The van der Waals surface area contributed by atoms with Crippen molar-refractivity contribution in [2.75, 3.05) is 0 Å². The van der Waals surface area contributed by atoms with E-state index < -0.39 is 0 Å². The molecule has 0 bridgehead atoms. The zero-order valence-corrected chi connectivity index (χ0v) is 11.7. The van der Waals surface area contributed by atoms with Crippen LogP contribution in [0.1, 0.15) is 30.7 Å². The molecule has 2 aromatic rings. The van der Waals surface area contributed by atoms with Crippen molar-refractivity contribution in [1.29, 1.82) is 0 Å². The maximum atomic E-state index is 12.2. The first-order valence-electron chi connectivity index (χ1n) is 6.56. The molecule has 1 amide bonds. The molecular weight excluding hydrogens is 258 g/mol. The Kier molecular flexibility index (Phi) is 3.38. The molecule has 2 unspecified atom stereocenters. The number of nitrogens with one attached hydrogen (secondary N) is 1. The topological polar surface area (TPSA) is 46.9 Å². The summed E-state index contributed by atoms with van der Waals surface area (Å²) in [6.07, 6.45) is 5.72. The second-order valence-electron chi connectivity index (χ2n) is 5.02. The smallest absolute Gasteiger partial charge is 0.227 e. The van der Waals surface area contributed by atoms with Gasteiger partial charge in [0.1, 0.15) is 5.82 Å². The summed E-state index contributed by atoms with van der Waals surface area (Å²) in [6, 6.07) is 2.24. The van der Waals surface area contributed by atoms with Crippen molar-refractivity contribution in [1.82, 2.24) is 14.9 Å². The summed E-state index contributed by atoms with van der Waals surface area (Å²) >= 11 is 1.63. The van der Waals surface area contributed by atoms with Crippen LogP contribution < -0.4 is 5.32 Å². The predicted molar refractivity (Wildman–Crippen MR) is 75.2 cm³/mol. The van der Waals surface area contributed by atoms with E-state index >= 15 is 0 Å². The number of carbonyl (C=O) groups is 1. The van der Waals surface area contributed by atoms with Gasteiger partial charge in [0.25, 0.3) is 0 Å². The highest BCUT2D eigenvalue weighted by molar-refractivity contribution is 7.08. The molecule has 0 saturated heterocycles. The minimum atomic E-state index is -0.0737. The van der Waals surface area contributed by atoms with Gasteiger partial charge in [0, 0.05) is 31.4 Å². The first-order chi connectivity index (χ1) is 9.24. The molecule has 100 valence electrons.